The van der Waals surface area contributed by atoms with Gasteiger partial charge in [0, 0.05) is 19.2 Å². The third kappa shape index (κ3) is 6.74. The van der Waals surface area contributed by atoms with Gasteiger partial charge in [0.1, 0.15) is 0 Å². The Morgan fingerprint density at radius 3 is 2.56 bits per heavy atom. The van der Waals surface area contributed by atoms with E-state index in [2.05, 4.69) is 31.3 Å². The number of rotatable bonds is 9. The van der Waals surface area contributed by atoms with Gasteiger partial charge in [0.2, 0.25) is 0 Å². The van der Waals surface area contributed by atoms with E-state index >= 15 is 0 Å². The molecule has 3 nitrogen and oxygen atoms in total. The van der Waals surface area contributed by atoms with Crippen LogP contribution >= 0.6 is 0 Å². The molecule has 0 aliphatic rings. The van der Waals surface area contributed by atoms with Crippen LogP contribution in [-0.2, 0) is 11.2 Å². The topological polar surface area (TPSA) is 41.5 Å². The highest BCUT2D eigenvalue weighted by Gasteiger charge is 2.07. The summed E-state index contributed by atoms with van der Waals surface area (Å²) >= 11 is 0. The van der Waals surface area contributed by atoms with Crippen LogP contribution < -0.4 is 5.32 Å². The number of aliphatic hydroxyl groups excluding tert-OH is 1. The van der Waals surface area contributed by atoms with E-state index in [0.717, 1.165) is 19.6 Å². The Balaban J connectivity index is 2.18. The molecule has 0 radical (unpaired) electrons. The molecule has 0 saturated heterocycles. The molecular formula is C15H25NO2. The predicted molar refractivity (Wildman–Crippen MR) is 74.7 cm³/mol. The smallest absolute Gasteiger partial charge is 0.0591 e. The fourth-order valence-electron chi connectivity index (χ4n) is 1.75. The molecule has 1 aromatic rings. The molecular weight excluding hydrogens is 226 g/mol. The van der Waals surface area contributed by atoms with Crippen molar-refractivity contribution < 1.29 is 9.84 Å². The third-order valence-electron chi connectivity index (χ3n) is 2.68. The van der Waals surface area contributed by atoms with E-state index in [1.807, 2.05) is 18.2 Å². The van der Waals surface area contributed by atoms with Crippen LogP contribution in [0.25, 0.3) is 0 Å². The summed E-state index contributed by atoms with van der Waals surface area (Å²) in [6.45, 7) is 6.70. The van der Waals surface area contributed by atoms with Crippen molar-refractivity contribution in [2.45, 2.75) is 26.3 Å². The van der Waals surface area contributed by atoms with Crippen LogP contribution in [0, 0.1) is 5.92 Å². The summed E-state index contributed by atoms with van der Waals surface area (Å²) in [7, 11) is 0. The molecule has 0 saturated carbocycles. The zero-order valence-electron chi connectivity index (χ0n) is 11.4. The quantitative estimate of drug-likeness (QED) is 0.658. The molecule has 1 aromatic carbocycles. The number of nitrogens with one attached hydrogen (secondary N) is 1. The second-order valence-corrected chi connectivity index (χ2v) is 4.99. The molecule has 0 spiro atoms. The van der Waals surface area contributed by atoms with Gasteiger partial charge in [-0.1, -0.05) is 44.2 Å². The van der Waals surface area contributed by atoms with Crippen molar-refractivity contribution in [1.82, 2.24) is 5.32 Å². The van der Waals surface area contributed by atoms with Gasteiger partial charge < -0.3 is 15.2 Å². The van der Waals surface area contributed by atoms with Gasteiger partial charge >= 0.3 is 0 Å². The Bertz CT molecular complexity index is 301. The molecule has 0 heterocycles. The van der Waals surface area contributed by atoms with Crippen molar-refractivity contribution in [3.8, 4) is 0 Å². The molecule has 1 rings (SSSR count). The molecule has 0 amide bonds. The lowest BCUT2D eigenvalue weighted by Crippen LogP contribution is -2.36. The van der Waals surface area contributed by atoms with Gasteiger partial charge in [0.15, 0.2) is 0 Å². The first kappa shape index (κ1) is 15.2. The molecule has 0 fully saturated rings. The summed E-state index contributed by atoms with van der Waals surface area (Å²) < 4.78 is 5.50. The number of hydrogen-bond donors (Lipinski definition) is 2. The molecule has 18 heavy (non-hydrogen) atoms. The van der Waals surface area contributed by atoms with Gasteiger partial charge in [0.25, 0.3) is 0 Å². The summed E-state index contributed by atoms with van der Waals surface area (Å²) in [5.41, 5.74) is 1.24. The van der Waals surface area contributed by atoms with Crippen LogP contribution in [-0.4, -0.2) is 37.5 Å². The standard InChI is InChI=1S/C15H25NO2/c1-13(2)12-18-9-8-16-15(11-17)10-14-6-4-3-5-7-14/h3-7,13,15-17H,8-12H2,1-2H3. The average molecular weight is 251 g/mol. The fraction of sp³-hybridized carbons (Fsp3) is 0.600. The van der Waals surface area contributed by atoms with Gasteiger partial charge in [-0.15, -0.1) is 0 Å². The van der Waals surface area contributed by atoms with Crippen molar-refractivity contribution in [2.75, 3.05) is 26.4 Å². The summed E-state index contributed by atoms with van der Waals surface area (Å²) in [5, 5.41) is 12.6. The van der Waals surface area contributed by atoms with Crippen molar-refractivity contribution in [1.29, 1.82) is 0 Å². The van der Waals surface area contributed by atoms with Gasteiger partial charge in [-0.2, -0.15) is 0 Å². The maximum atomic E-state index is 9.33. The van der Waals surface area contributed by atoms with E-state index < -0.39 is 0 Å². The Morgan fingerprint density at radius 1 is 1.22 bits per heavy atom. The van der Waals surface area contributed by atoms with Gasteiger partial charge in [-0.05, 0) is 17.9 Å². The van der Waals surface area contributed by atoms with Crippen LogP contribution in [0.15, 0.2) is 30.3 Å². The molecule has 1 atom stereocenters. The lowest BCUT2D eigenvalue weighted by atomic mass is 10.1. The molecule has 0 aromatic heterocycles. The minimum absolute atomic E-state index is 0.107. The highest BCUT2D eigenvalue weighted by atomic mass is 16.5. The van der Waals surface area contributed by atoms with E-state index in [1.165, 1.54) is 5.56 Å². The fourth-order valence-corrected chi connectivity index (χ4v) is 1.75. The second kappa shape index (κ2) is 9.09. The Morgan fingerprint density at radius 2 is 1.94 bits per heavy atom. The van der Waals surface area contributed by atoms with Gasteiger partial charge in [-0.3, -0.25) is 0 Å². The minimum atomic E-state index is 0.107. The molecule has 102 valence electrons. The second-order valence-electron chi connectivity index (χ2n) is 4.99. The first-order valence-electron chi connectivity index (χ1n) is 6.68. The monoisotopic (exact) mass is 251 g/mol. The van der Waals surface area contributed by atoms with Crippen molar-refractivity contribution in [3.05, 3.63) is 35.9 Å². The number of aliphatic hydroxyl groups is 1. The molecule has 0 bridgehead atoms. The molecule has 1 unspecified atom stereocenters. The first-order valence-corrected chi connectivity index (χ1v) is 6.68. The van der Waals surface area contributed by atoms with Crippen LogP contribution in [0.2, 0.25) is 0 Å². The molecule has 3 heteroatoms. The zero-order valence-corrected chi connectivity index (χ0v) is 11.4. The highest BCUT2D eigenvalue weighted by molar-refractivity contribution is 5.15. The number of ether oxygens (including phenoxy) is 1. The van der Waals surface area contributed by atoms with Crippen molar-refractivity contribution >= 4 is 0 Å². The van der Waals surface area contributed by atoms with Gasteiger partial charge in [-0.25, -0.2) is 0 Å². The summed E-state index contributed by atoms with van der Waals surface area (Å²) in [5.74, 6) is 0.572. The Hall–Kier alpha value is -0.900. The molecule has 0 aliphatic carbocycles. The van der Waals surface area contributed by atoms with E-state index in [4.69, 9.17) is 4.74 Å². The van der Waals surface area contributed by atoms with Crippen LogP contribution in [0.3, 0.4) is 0 Å². The lowest BCUT2D eigenvalue weighted by molar-refractivity contribution is 0.107. The van der Waals surface area contributed by atoms with Crippen LogP contribution in [0.4, 0.5) is 0 Å². The van der Waals surface area contributed by atoms with Crippen molar-refractivity contribution in [3.63, 3.8) is 0 Å². The Kier molecular flexibility index (Phi) is 7.65. The maximum absolute atomic E-state index is 9.33. The normalized spacial score (nSPS) is 12.9. The predicted octanol–water partition coefficient (Wildman–Crippen LogP) is 1.85. The number of hydrogen-bond acceptors (Lipinski definition) is 3. The zero-order chi connectivity index (χ0) is 13.2. The van der Waals surface area contributed by atoms with Crippen LogP contribution in [0.1, 0.15) is 19.4 Å². The summed E-state index contributed by atoms with van der Waals surface area (Å²) in [6.07, 6.45) is 0.849. The molecule has 0 aliphatic heterocycles. The number of benzene rings is 1. The average Bonchev–Trinajstić information content (AvgIpc) is 2.38. The highest BCUT2D eigenvalue weighted by Crippen LogP contribution is 2.02. The minimum Gasteiger partial charge on any atom is -0.395 e. The van der Waals surface area contributed by atoms with E-state index in [9.17, 15) is 5.11 Å². The summed E-state index contributed by atoms with van der Waals surface area (Å²) in [6, 6.07) is 10.3. The lowest BCUT2D eigenvalue weighted by Gasteiger charge is -2.16. The van der Waals surface area contributed by atoms with Crippen molar-refractivity contribution in [2.24, 2.45) is 5.92 Å². The van der Waals surface area contributed by atoms with E-state index in [-0.39, 0.29) is 12.6 Å². The van der Waals surface area contributed by atoms with E-state index in [1.54, 1.807) is 0 Å². The van der Waals surface area contributed by atoms with Gasteiger partial charge in [0.05, 0.1) is 13.2 Å². The maximum Gasteiger partial charge on any atom is 0.0591 e. The molecule has 2 N–H and O–H groups in total. The SMILES string of the molecule is CC(C)COCCNC(CO)Cc1ccccc1. The Labute approximate surface area is 110 Å². The third-order valence-corrected chi connectivity index (χ3v) is 2.68. The van der Waals surface area contributed by atoms with E-state index in [0.29, 0.717) is 12.5 Å². The van der Waals surface area contributed by atoms with Crippen LogP contribution in [0.5, 0.6) is 0 Å². The first-order chi connectivity index (χ1) is 8.72. The summed E-state index contributed by atoms with van der Waals surface area (Å²) in [4.78, 5) is 0. The largest absolute Gasteiger partial charge is 0.395 e.